The van der Waals surface area contributed by atoms with Gasteiger partial charge in [-0.25, -0.2) is 0 Å². The maximum absolute atomic E-state index is 5.47. The first-order valence-corrected chi connectivity index (χ1v) is 6.85. The number of pyridine rings is 1. The average Bonchev–Trinajstić information content (AvgIpc) is 3.15. The summed E-state index contributed by atoms with van der Waals surface area (Å²) in [5.74, 6) is 1.38. The minimum absolute atomic E-state index is 0.119. The van der Waals surface area contributed by atoms with Crippen molar-refractivity contribution in [3.8, 4) is 11.4 Å². The SMILES string of the molecule is CCc1cnccc1-c1noc(C2COCC2NC)n1. The summed E-state index contributed by atoms with van der Waals surface area (Å²) in [4.78, 5) is 8.68. The molecule has 2 atom stereocenters. The number of nitrogens with zero attached hydrogens (tertiary/aromatic N) is 3. The smallest absolute Gasteiger partial charge is 0.234 e. The largest absolute Gasteiger partial charge is 0.379 e. The lowest BCUT2D eigenvalue weighted by Crippen LogP contribution is -2.31. The normalized spacial score (nSPS) is 22.3. The van der Waals surface area contributed by atoms with E-state index in [0.29, 0.717) is 24.9 Å². The Morgan fingerprint density at radius 1 is 1.40 bits per heavy atom. The number of hydrogen-bond acceptors (Lipinski definition) is 6. The van der Waals surface area contributed by atoms with Crippen LogP contribution in [0.5, 0.6) is 0 Å². The number of ether oxygens (including phenoxy) is 1. The standard InChI is InChI=1S/C14H18N4O2/c1-3-9-6-16-5-4-10(9)13-17-14(20-18-13)11-7-19-8-12(11)15-2/h4-6,11-12,15H,3,7-8H2,1-2H3. The quantitative estimate of drug-likeness (QED) is 0.908. The number of nitrogens with one attached hydrogen (secondary N) is 1. The Morgan fingerprint density at radius 3 is 3.10 bits per heavy atom. The summed E-state index contributed by atoms with van der Waals surface area (Å²) in [7, 11) is 1.92. The van der Waals surface area contributed by atoms with Crippen molar-refractivity contribution in [3.05, 3.63) is 29.9 Å². The summed E-state index contributed by atoms with van der Waals surface area (Å²) in [6.07, 6.45) is 4.48. The topological polar surface area (TPSA) is 73.1 Å². The van der Waals surface area contributed by atoms with Gasteiger partial charge in [-0.15, -0.1) is 0 Å². The summed E-state index contributed by atoms with van der Waals surface area (Å²) in [6.45, 7) is 3.38. The molecule has 3 heterocycles. The summed E-state index contributed by atoms with van der Waals surface area (Å²) in [5.41, 5.74) is 2.10. The van der Waals surface area contributed by atoms with Gasteiger partial charge in [0.2, 0.25) is 11.7 Å². The van der Waals surface area contributed by atoms with E-state index in [0.717, 1.165) is 17.5 Å². The van der Waals surface area contributed by atoms with E-state index >= 15 is 0 Å². The number of rotatable bonds is 4. The molecule has 2 aromatic rings. The zero-order chi connectivity index (χ0) is 13.9. The molecule has 0 aliphatic carbocycles. The number of likely N-dealkylation sites (N-methyl/N-ethyl adjacent to an activating group) is 1. The molecule has 2 aromatic heterocycles. The fourth-order valence-corrected chi connectivity index (χ4v) is 2.50. The van der Waals surface area contributed by atoms with E-state index < -0.39 is 0 Å². The van der Waals surface area contributed by atoms with Gasteiger partial charge in [-0.2, -0.15) is 4.98 Å². The third-order valence-corrected chi connectivity index (χ3v) is 3.74. The van der Waals surface area contributed by atoms with E-state index in [2.05, 4.69) is 27.4 Å². The van der Waals surface area contributed by atoms with Gasteiger partial charge in [0, 0.05) is 24.0 Å². The predicted octanol–water partition coefficient (Wildman–Crippen LogP) is 1.40. The average molecular weight is 274 g/mol. The van der Waals surface area contributed by atoms with Crippen LogP contribution in [0.1, 0.15) is 24.3 Å². The molecule has 3 rings (SSSR count). The first-order chi connectivity index (χ1) is 9.83. The summed E-state index contributed by atoms with van der Waals surface area (Å²) < 4.78 is 10.9. The van der Waals surface area contributed by atoms with Gasteiger partial charge < -0.3 is 14.6 Å². The van der Waals surface area contributed by atoms with E-state index in [1.807, 2.05) is 19.3 Å². The van der Waals surface area contributed by atoms with Gasteiger partial charge in [0.15, 0.2) is 0 Å². The van der Waals surface area contributed by atoms with Gasteiger partial charge in [-0.05, 0) is 25.1 Å². The highest BCUT2D eigenvalue weighted by Crippen LogP contribution is 2.27. The first kappa shape index (κ1) is 13.2. The lowest BCUT2D eigenvalue weighted by atomic mass is 10.0. The molecule has 6 nitrogen and oxygen atoms in total. The van der Waals surface area contributed by atoms with E-state index in [1.165, 1.54) is 0 Å². The molecule has 0 radical (unpaired) electrons. The maximum atomic E-state index is 5.47. The Hall–Kier alpha value is -1.79. The number of aryl methyl sites for hydroxylation is 1. The molecule has 0 saturated carbocycles. The second-order valence-electron chi connectivity index (χ2n) is 4.88. The minimum atomic E-state index is 0.119. The Balaban J connectivity index is 1.90. The molecule has 1 N–H and O–H groups in total. The second kappa shape index (κ2) is 5.68. The fourth-order valence-electron chi connectivity index (χ4n) is 2.50. The Kier molecular flexibility index (Phi) is 3.75. The van der Waals surface area contributed by atoms with Crippen LogP contribution in [-0.2, 0) is 11.2 Å². The molecule has 1 fully saturated rings. The van der Waals surface area contributed by atoms with Crippen LogP contribution in [0.25, 0.3) is 11.4 Å². The summed E-state index contributed by atoms with van der Waals surface area (Å²) >= 11 is 0. The lowest BCUT2D eigenvalue weighted by Gasteiger charge is -2.11. The summed E-state index contributed by atoms with van der Waals surface area (Å²) in [5, 5.41) is 7.33. The van der Waals surface area contributed by atoms with E-state index in [4.69, 9.17) is 9.26 Å². The van der Waals surface area contributed by atoms with Gasteiger partial charge >= 0.3 is 0 Å². The molecule has 6 heteroatoms. The van der Waals surface area contributed by atoms with Gasteiger partial charge in [0.25, 0.3) is 0 Å². The van der Waals surface area contributed by atoms with Crippen LogP contribution in [0.4, 0.5) is 0 Å². The van der Waals surface area contributed by atoms with Gasteiger partial charge in [-0.3, -0.25) is 4.98 Å². The van der Waals surface area contributed by atoms with Crippen molar-refractivity contribution < 1.29 is 9.26 Å². The molecule has 0 bridgehead atoms. The van der Waals surface area contributed by atoms with Crippen LogP contribution < -0.4 is 5.32 Å². The summed E-state index contributed by atoms with van der Waals surface area (Å²) in [6, 6.07) is 2.15. The zero-order valence-corrected chi connectivity index (χ0v) is 11.7. The molecule has 1 saturated heterocycles. The molecule has 106 valence electrons. The lowest BCUT2D eigenvalue weighted by molar-refractivity contribution is 0.185. The highest BCUT2D eigenvalue weighted by molar-refractivity contribution is 5.58. The molecule has 20 heavy (non-hydrogen) atoms. The van der Waals surface area contributed by atoms with Crippen LogP contribution >= 0.6 is 0 Å². The monoisotopic (exact) mass is 274 g/mol. The van der Waals surface area contributed by atoms with E-state index in [1.54, 1.807) is 6.20 Å². The Bertz CT molecular complexity index is 584. The van der Waals surface area contributed by atoms with E-state index in [-0.39, 0.29) is 12.0 Å². The van der Waals surface area contributed by atoms with Crippen molar-refractivity contribution in [2.45, 2.75) is 25.3 Å². The molecule has 1 aliphatic rings. The second-order valence-corrected chi connectivity index (χ2v) is 4.88. The third kappa shape index (κ3) is 2.32. The van der Waals surface area contributed by atoms with Crippen LogP contribution in [-0.4, -0.2) is 41.4 Å². The van der Waals surface area contributed by atoms with Crippen molar-refractivity contribution >= 4 is 0 Å². The van der Waals surface area contributed by atoms with Crippen LogP contribution in [0, 0.1) is 0 Å². The molecular weight excluding hydrogens is 256 g/mol. The highest BCUT2D eigenvalue weighted by Gasteiger charge is 2.33. The van der Waals surface area contributed by atoms with Crippen molar-refractivity contribution in [1.29, 1.82) is 0 Å². The van der Waals surface area contributed by atoms with Crippen LogP contribution in [0.15, 0.2) is 23.0 Å². The predicted molar refractivity (Wildman–Crippen MR) is 73.3 cm³/mol. The number of aromatic nitrogens is 3. The maximum Gasteiger partial charge on any atom is 0.234 e. The molecule has 2 unspecified atom stereocenters. The molecule has 1 aliphatic heterocycles. The third-order valence-electron chi connectivity index (χ3n) is 3.74. The zero-order valence-electron chi connectivity index (χ0n) is 11.7. The molecule has 0 amide bonds. The van der Waals surface area contributed by atoms with Crippen molar-refractivity contribution in [3.63, 3.8) is 0 Å². The number of hydrogen-bond donors (Lipinski definition) is 1. The van der Waals surface area contributed by atoms with Crippen molar-refractivity contribution in [1.82, 2.24) is 20.4 Å². The highest BCUT2D eigenvalue weighted by atomic mass is 16.5. The first-order valence-electron chi connectivity index (χ1n) is 6.85. The molecular formula is C14H18N4O2. The molecule has 0 aromatic carbocycles. The van der Waals surface area contributed by atoms with Crippen LogP contribution in [0.2, 0.25) is 0 Å². The van der Waals surface area contributed by atoms with Crippen molar-refractivity contribution in [2.75, 3.05) is 20.3 Å². The van der Waals surface area contributed by atoms with Gasteiger partial charge in [0.05, 0.1) is 19.1 Å². The Morgan fingerprint density at radius 2 is 2.30 bits per heavy atom. The van der Waals surface area contributed by atoms with Gasteiger partial charge in [0.1, 0.15) is 0 Å². The van der Waals surface area contributed by atoms with Gasteiger partial charge in [-0.1, -0.05) is 12.1 Å². The van der Waals surface area contributed by atoms with Crippen molar-refractivity contribution in [2.24, 2.45) is 0 Å². The Labute approximate surface area is 117 Å². The fraction of sp³-hybridized carbons (Fsp3) is 0.500. The molecule has 0 spiro atoms. The minimum Gasteiger partial charge on any atom is -0.379 e. The van der Waals surface area contributed by atoms with E-state index in [9.17, 15) is 0 Å². The van der Waals surface area contributed by atoms with Crippen LogP contribution in [0.3, 0.4) is 0 Å².